The Hall–Kier alpha value is -2.66. The Labute approximate surface area is 126 Å². The quantitative estimate of drug-likeness (QED) is 0.775. The van der Waals surface area contributed by atoms with Crippen LogP contribution in [0.15, 0.2) is 60.2 Å². The zero-order valence-corrected chi connectivity index (χ0v) is 11.9. The lowest BCUT2D eigenvalue weighted by Gasteiger charge is -2.10. The highest BCUT2D eigenvalue weighted by Gasteiger charge is 2.12. The van der Waals surface area contributed by atoms with Crippen LogP contribution in [0.2, 0.25) is 0 Å². The van der Waals surface area contributed by atoms with Gasteiger partial charge in [0.05, 0.1) is 5.56 Å². The van der Waals surface area contributed by atoms with Crippen molar-refractivity contribution in [1.29, 1.82) is 0 Å². The molecule has 0 aliphatic rings. The molecule has 0 radical (unpaired) electrons. The molecule has 0 unspecified atom stereocenters. The van der Waals surface area contributed by atoms with Crippen LogP contribution in [-0.4, -0.2) is 10.9 Å². The summed E-state index contributed by atoms with van der Waals surface area (Å²) < 4.78 is 0. The summed E-state index contributed by atoms with van der Waals surface area (Å²) in [6.07, 6.45) is 3.03. The predicted molar refractivity (Wildman–Crippen MR) is 86.4 cm³/mol. The molecule has 21 heavy (non-hydrogen) atoms. The monoisotopic (exact) mass is 295 g/mol. The summed E-state index contributed by atoms with van der Waals surface area (Å²) in [6, 6.07) is 13.3. The van der Waals surface area contributed by atoms with Gasteiger partial charge in [0, 0.05) is 34.2 Å². The average Bonchev–Trinajstić information content (AvgIpc) is 3.02. The molecule has 0 saturated heterocycles. The molecule has 3 rings (SSSR count). The fraction of sp³-hybridized carbons (Fsp3) is 0. The third-order valence-electron chi connectivity index (χ3n) is 3.06. The zero-order valence-electron chi connectivity index (χ0n) is 11.1. The van der Waals surface area contributed by atoms with Gasteiger partial charge in [0.1, 0.15) is 0 Å². The van der Waals surface area contributed by atoms with Crippen LogP contribution < -0.4 is 11.1 Å². The number of benzene rings is 1. The maximum absolute atomic E-state index is 12.3. The summed E-state index contributed by atoms with van der Waals surface area (Å²) in [5, 5.41) is 4.91. The van der Waals surface area contributed by atoms with Crippen molar-refractivity contribution in [2.75, 3.05) is 11.1 Å². The standard InChI is InChI=1S/C16H13N3OS/c17-13-7-8-18-10-12(13)16(20)19-14-5-2-1-4-11(14)15-6-3-9-21-15/h1-10H,(H2,17,18)(H,19,20). The molecule has 2 aromatic heterocycles. The van der Waals surface area contributed by atoms with Crippen LogP contribution in [-0.2, 0) is 0 Å². The molecule has 0 bridgehead atoms. The Morgan fingerprint density at radius 1 is 1.14 bits per heavy atom. The van der Waals surface area contributed by atoms with Gasteiger partial charge in [-0.2, -0.15) is 0 Å². The molecule has 104 valence electrons. The molecule has 0 saturated carbocycles. The van der Waals surface area contributed by atoms with Crippen LogP contribution >= 0.6 is 11.3 Å². The smallest absolute Gasteiger partial charge is 0.259 e. The minimum Gasteiger partial charge on any atom is -0.398 e. The first-order valence-corrected chi connectivity index (χ1v) is 7.27. The van der Waals surface area contributed by atoms with Gasteiger partial charge < -0.3 is 11.1 Å². The summed E-state index contributed by atoms with van der Waals surface area (Å²) in [5.74, 6) is -0.260. The lowest BCUT2D eigenvalue weighted by Crippen LogP contribution is -2.14. The molecule has 3 aromatic rings. The van der Waals surface area contributed by atoms with E-state index in [2.05, 4.69) is 10.3 Å². The Morgan fingerprint density at radius 3 is 2.76 bits per heavy atom. The number of nitrogens with one attached hydrogen (secondary N) is 1. The third kappa shape index (κ3) is 2.78. The number of nitrogens with zero attached hydrogens (tertiary/aromatic N) is 1. The summed E-state index contributed by atoms with van der Waals surface area (Å²) >= 11 is 1.63. The number of hydrogen-bond acceptors (Lipinski definition) is 4. The number of rotatable bonds is 3. The number of carbonyl (C=O) groups excluding carboxylic acids is 1. The maximum atomic E-state index is 12.3. The van der Waals surface area contributed by atoms with Gasteiger partial charge in [-0.3, -0.25) is 9.78 Å². The van der Waals surface area contributed by atoms with E-state index < -0.39 is 0 Å². The Kier molecular flexibility index (Phi) is 3.66. The number of hydrogen-bond donors (Lipinski definition) is 2. The van der Waals surface area contributed by atoms with E-state index in [9.17, 15) is 4.79 Å². The van der Waals surface area contributed by atoms with Crippen molar-refractivity contribution in [1.82, 2.24) is 4.98 Å². The molecule has 1 amide bonds. The second-order valence-corrected chi connectivity index (χ2v) is 5.39. The van der Waals surface area contributed by atoms with Gasteiger partial charge in [0.15, 0.2) is 0 Å². The van der Waals surface area contributed by atoms with Crippen LogP contribution in [0.1, 0.15) is 10.4 Å². The first kappa shape index (κ1) is 13.3. The average molecular weight is 295 g/mol. The van der Waals surface area contributed by atoms with E-state index in [1.165, 1.54) is 6.20 Å². The van der Waals surface area contributed by atoms with Crippen molar-refractivity contribution in [3.05, 3.63) is 65.8 Å². The van der Waals surface area contributed by atoms with Crippen LogP contribution in [0.25, 0.3) is 10.4 Å². The zero-order chi connectivity index (χ0) is 14.7. The fourth-order valence-electron chi connectivity index (χ4n) is 2.02. The van der Waals surface area contributed by atoms with Gasteiger partial charge in [-0.15, -0.1) is 11.3 Å². The molecule has 2 heterocycles. The molecule has 3 N–H and O–H groups in total. The number of carbonyl (C=O) groups is 1. The molecule has 0 atom stereocenters. The number of anilines is 2. The summed E-state index contributed by atoms with van der Waals surface area (Å²) in [4.78, 5) is 17.4. The van der Waals surface area contributed by atoms with E-state index >= 15 is 0 Å². The third-order valence-corrected chi connectivity index (χ3v) is 3.96. The molecule has 5 heteroatoms. The summed E-state index contributed by atoms with van der Waals surface area (Å²) in [6.45, 7) is 0. The van der Waals surface area contributed by atoms with Gasteiger partial charge >= 0.3 is 0 Å². The van der Waals surface area contributed by atoms with Crippen molar-refractivity contribution < 1.29 is 4.79 Å². The van der Waals surface area contributed by atoms with Gasteiger partial charge in [-0.1, -0.05) is 24.3 Å². The largest absolute Gasteiger partial charge is 0.398 e. The molecule has 0 aliphatic carbocycles. The first-order valence-electron chi connectivity index (χ1n) is 6.39. The molecule has 0 aliphatic heterocycles. The number of pyridine rings is 1. The van der Waals surface area contributed by atoms with Crippen LogP contribution in [0.3, 0.4) is 0 Å². The number of nitrogens with two attached hydrogens (primary N) is 1. The number of nitrogen functional groups attached to an aromatic ring is 1. The van der Waals surface area contributed by atoms with Crippen molar-refractivity contribution in [2.45, 2.75) is 0 Å². The van der Waals surface area contributed by atoms with E-state index in [1.54, 1.807) is 23.6 Å². The first-order chi connectivity index (χ1) is 10.3. The molecule has 1 aromatic carbocycles. The Morgan fingerprint density at radius 2 is 2.00 bits per heavy atom. The second-order valence-electron chi connectivity index (χ2n) is 4.44. The topological polar surface area (TPSA) is 68.0 Å². The van der Waals surface area contributed by atoms with E-state index in [1.807, 2.05) is 41.8 Å². The Bertz CT molecular complexity index is 769. The lowest BCUT2D eigenvalue weighted by molar-refractivity contribution is 0.102. The summed E-state index contributed by atoms with van der Waals surface area (Å²) in [5.41, 5.74) is 8.34. The minimum absolute atomic E-state index is 0.260. The second kappa shape index (κ2) is 5.76. The van der Waals surface area contributed by atoms with Crippen molar-refractivity contribution in [3.63, 3.8) is 0 Å². The van der Waals surface area contributed by atoms with E-state index in [-0.39, 0.29) is 5.91 Å². The summed E-state index contributed by atoms with van der Waals surface area (Å²) in [7, 11) is 0. The highest BCUT2D eigenvalue weighted by Crippen LogP contribution is 2.31. The SMILES string of the molecule is Nc1ccncc1C(=O)Nc1ccccc1-c1cccs1. The minimum atomic E-state index is -0.260. The van der Waals surface area contributed by atoms with Crippen LogP contribution in [0.4, 0.5) is 11.4 Å². The van der Waals surface area contributed by atoms with E-state index in [0.29, 0.717) is 11.3 Å². The molecule has 0 spiro atoms. The fourth-order valence-corrected chi connectivity index (χ4v) is 2.79. The number of thiophene rings is 1. The number of amides is 1. The van der Waals surface area contributed by atoms with Crippen LogP contribution in [0.5, 0.6) is 0 Å². The highest BCUT2D eigenvalue weighted by atomic mass is 32.1. The molecule has 0 fully saturated rings. The van der Waals surface area contributed by atoms with Gasteiger partial charge in [-0.25, -0.2) is 0 Å². The Balaban J connectivity index is 1.93. The number of para-hydroxylation sites is 1. The van der Waals surface area contributed by atoms with Gasteiger partial charge in [0.2, 0.25) is 0 Å². The van der Waals surface area contributed by atoms with Crippen molar-refractivity contribution >= 4 is 28.6 Å². The molecule has 4 nitrogen and oxygen atoms in total. The lowest BCUT2D eigenvalue weighted by atomic mass is 10.1. The van der Waals surface area contributed by atoms with Gasteiger partial charge in [-0.05, 0) is 23.6 Å². The molecular formula is C16H13N3OS. The van der Waals surface area contributed by atoms with E-state index in [4.69, 9.17) is 5.73 Å². The number of aromatic nitrogens is 1. The molecular weight excluding hydrogens is 282 g/mol. The van der Waals surface area contributed by atoms with Crippen molar-refractivity contribution in [2.24, 2.45) is 0 Å². The van der Waals surface area contributed by atoms with Crippen molar-refractivity contribution in [3.8, 4) is 10.4 Å². The highest BCUT2D eigenvalue weighted by molar-refractivity contribution is 7.13. The maximum Gasteiger partial charge on any atom is 0.259 e. The normalized spacial score (nSPS) is 10.3. The predicted octanol–water partition coefficient (Wildman–Crippen LogP) is 3.64. The van der Waals surface area contributed by atoms with E-state index in [0.717, 1.165) is 16.1 Å². The van der Waals surface area contributed by atoms with Crippen LogP contribution in [0, 0.1) is 0 Å². The van der Waals surface area contributed by atoms with Gasteiger partial charge in [0.25, 0.3) is 5.91 Å².